The number of fused-ring (bicyclic) bond motifs is 1. The lowest BCUT2D eigenvalue weighted by molar-refractivity contribution is 0.900. The van der Waals surface area contributed by atoms with Crippen LogP contribution in [-0.4, -0.2) is 27.3 Å². The summed E-state index contributed by atoms with van der Waals surface area (Å²) in [5, 5.41) is 9.58. The van der Waals surface area contributed by atoms with E-state index in [4.69, 9.17) is 18.0 Å². The Balaban J connectivity index is 1.84. The second-order valence-corrected chi connectivity index (χ2v) is 7.53. The average molecular weight is 442 g/mol. The highest BCUT2D eigenvalue weighted by Crippen LogP contribution is 2.32. The van der Waals surface area contributed by atoms with Gasteiger partial charge in [0.2, 0.25) is 0 Å². The molecular formula is C23H19N7OS. The van der Waals surface area contributed by atoms with E-state index in [1.807, 2.05) is 29.6 Å². The number of allylic oxidation sites excluding steroid dienone is 1. The van der Waals surface area contributed by atoms with Crippen molar-refractivity contribution >= 4 is 39.3 Å². The van der Waals surface area contributed by atoms with Crippen molar-refractivity contribution in [2.75, 3.05) is 7.05 Å². The van der Waals surface area contributed by atoms with Gasteiger partial charge in [0, 0.05) is 53.5 Å². The molecule has 0 unspecified atom stereocenters. The highest BCUT2D eigenvalue weighted by Gasteiger charge is 2.18. The third-order valence-corrected chi connectivity index (χ3v) is 5.74. The number of nitrogens with one attached hydrogen (secondary N) is 1. The van der Waals surface area contributed by atoms with Gasteiger partial charge in [-0.05, 0) is 40.9 Å². The molecule has 0 radical (unpaired) electrons. The van der Waals surface area contributed by atoms with Gasteiger partial charge in [-0.2, -0.15) is 5.10 Å². The molecule has 32 heavy (non-hydrogen) atoms. The molecule has 0 aliphatic heterocycles. The second-order valence-electron chi connectivity index (χ2n) is 6.87. The number of nitrogens with zero attached hydrogens (tertiary/aromatic N) is 4. The molecule has 4 aromatic rings. The zero-order chi connectivity index (χ0) is 22.7. The molecule has 158 valence electrons. The van der Waals surface area contributed by atoms with E-state index in [0.29, 0.717) is 39.0 Å². The summed E-state index contributed by atoms with van der Waals surface area (Å²) >= 11 is 1.36. The number of hydrogen-bond acceptors (Lipinski definition) is 7. The van der Waals surface area contributed by atoms with Crippen molar-refractivity contribution in [1.82, 2.24) is 14.6 Å². The third-order valence-electron chi connectivity index (χ3n) is 5.16. The summed E-state index contributed by atoms with van der Waals surface area (Å²) in [5.74, 6) is 0. The number of aliphatic imine (C=N–C) groups is 1. The lowest BCUT2D eigenvalue weighted by atomic mass is 9.92. The number of aromatic nitrogens is 3. The Bertz CT molecular complexity index is 1460. The molecule has 0 saturated heterocycles. The predicted octanol–water partition coefficient (Wildman–Crippen LogP) is 3.47. The van der Waals surface area contributed by atoms with Gasteiger partial charge in [-0.3, -0.25) is 9.79 Å². The monoisotopic (exact) mass is 441 g/mol. The molecule has 0 bridgehead atoms. The molecular weight excluding hydrogens is 422 g/mol. The summed E-state index contributed by atoms with van der Waals surface area (Å²) in [6, 6.07) is 11.0. The molecule has 2 aromatic heterocycles. The first-order chi connectivity index (χ1) is 15.6. The van der Waals surface area contributed by atoms with Gasteiger partial charge in [-0.25, -0.2) is 14.3 Å². The maximum absolute atomic E-state index is 12.2. The molecule has 0 fully saturated rings. The van der Waals surface area contributed by atoms with E-state index >= 15 is 0 Å². The van der Waals surface area contributed by atoms with E-state index in [0.717, 1.165) is 16.7 Å². The van der Waals surface area contributed by atoms with Crippen LogP contribution >= 0.6 is 11.5 Å². The van der Waals surface area contributed by atoms with Crippen LogP contribution in [0, 0.1) is 6.57 Å². The number of aromatic amines is 1. The van der Waals surface area contributed by atoms with Gasteiger partial charge in [0.15, 0.2) is 5.69 Å². The summed E-state index contributed by atoms with van der Waals surface area (Å²) in [6.45, 7) is 7.88. The molecule has 2 heterocycles. The van der Waals surface area contributed by atoms with Crippen LogP contribution in [0.2, 0.25) is 0 Å². The van der Waals surface area contributed by atoms with Crippen molar-refractivity contribution < 1.29 is 0 Å². The Morgan fingerprint density at radius 3 is 2.75 bits per heavy atom. The lowest BCUT2D eigenvalue weighted by Gasteiger charge is -2.14. The van der Waals surface area contributed by atoms with Crippen molar-refractivity contribution in [1.29, 1.82) is 0 Å². The number of nitrogens with two attached hydrogens (primary N) is 2. The highest BCUT2D eigenvalue weighted by molar-refractivity contribution is 7.03. The molecule has 0 amide bonds. The van der Waals surface area contributed by atoms with Gasteiger partial charge in [0.25, 0.3) is 5.56 Å². The Morgan fingerprint density at radius 1 is 1.25 bits per heavy atom. The van der Waals surface area contributed by atoms with Crippen molar-refractivity contribution in [3.8, 4) is 11.1 Å². The summed E-state index contributed by atoms with van der Waals surface area (Å²) in [4.78, 5) is 20.3. The van der Waals surface area contributed by atoms with Crippen LogP contribution in [0.5, 0.6) is 0 Å². The first kappa shape index (κ1) is 21.1. The predicted molar refractivity (Wildman–Crippen MR) is 129 cm³/mol. The SMILES string of the molecule is [C-]#[N+]c1cc(-c2cnsc2)ccc1C(=NC)/C(=C\N)c1ccc2c(=O)[nH]nc(CN)c2c1. The van der Waals surface area contributed by atoms with E-state index < -0.39 is 0 Å². The molecule has 0 saturated carbocycles. The third kappa shape index (κ3) is 3.69. The van der Waals surface area contributed by atoms with Crippen LogP contribution in [0.25, 0.3) is 32.3 Å². The Kier molecular flexibility index (Phi) is 5.89. The zero-order valence-electron chi connectivity index (χ0n) is 17.2. The average Bonchev–Trinajstić information content (AvgIpc) is 3.37. The first-order valence-corrected chi connectivity index (χ1v) is 10.5. The minimum atomic E-state index is -0.291. The van der Waals surface area contributed by atoms with Gasteiger partial charge in [-0.1, -0.05) is 18.2 Å². The molecule has 0 aliphatic carbocycles. The van der Waals surface area contributed by atoms with Gasteiger partial charge in [0.1, 0.15) is 0 Å². The maximum atomic E-state index is 12.2. The number of H-pyrrole nitrogens is 1. The van der Waals surface area contributed by atoms with E-state index in [9.17, 15) is 4.79 Å². The van der Waals surface area contributed by atoms with Crippen molar-refractivity contribution in [2.24, 2.45) is 16.5 Å². The normalized spacial score (nSPS) is 12.2. The minimum absolute atomic E-state index is 0.175. The Labute approximate surface area is 187 Å². The fourth-order valence-corrected chi connectivity index (χ4v) is 4.14. The minimum Gasteiger partial charge on any atom is -0.404 e. The fourth-order valence-electron chi connectivity index (χ4n) is 3.59. The second kappa shape index (κ2) is 8.93. The Morgan fingerprint density at radius 2 is 2.09 bits per heavy atom. The van der Waals surface area contributed by atoms with Crippen LogP contribution in [0.4, 0.5) is 5.69 Å². The van der Waals surface area contributed by atoms with Crippen LogP contribution in [0.1, 0.15) is 16.8 Å². The molecule has 0 aliphatic rings. The highest BCUT2D eigenvalue weighted by atomic mass is 32.1. The van der Waals surface area contributed by atoms with Crippen molar-refractivity contribution in [3.05, 3.63) is 92.8 Å². The van der Waals surface area contributed by atoms with E-state index in [2.05, 4.69) is 24.4 Å². The number of hydrogen-bond donors (Lipinski definition) is 3. The summed E-state index contributed by atoms with van der Waals surface area (Å²) in [6.07, 6.45) is 3.23. The van der Waals surface area contributed by atoms with Crippen LogP contribution in [0.3, 0.4) is 0 Å². The molecule has 2 aromatic carbocycles. The topological polar surface area (TPSA) is 127 Å². The molecule has 4 rings (SSSR count). The number of rotatable bonds is 5. The van der Waals surface area contributed by atoms with E-state index in [-0.39, 0.29) is 12.1 Å². The maximum Gasteiger partial charge on any atom is 0.272 e. The van der Waals surface area contributed by atoms with Gasteiger partial charge >= 0.3 is 0 Å². The van der Waals surface area contributed by atoms with Crippen LogP contribution in [0.15, 0.2) is 64.0 Å². The summed E-state index contributed by atoms with van der Waals surface area (Å²) in [5.41, 5.74) is 17.0. The van der Waals surface area contributed by atoms with Crippen molar-refractivity contribution in [2.45, 2.75) is 6.54 Å². The summed E-state index contributed by atoms with van der Waals surface area (Å²) in [7, 11) is 1.65. The van der Waals surface area contributed by atoms with Gasteiger partial charge < -0.3 is 11.5 Å². The van der Waals surface area contributed by atoms with E-state index in [1.54, 1.807) is 25.4 Å². The van der Waals surface area contributed by atoms with Crippen molar-refractivity contribution in [3.63, 3.8) is 0 Å². The molecule has 0 atom stereocenters. The molecule has 9 heteroatoms. The fraction of sp³-hybridized carbons (Fsp3) is 0.0870. The largest absolute Gasteiger partial charge is 0.404 e. The standard InChI is InChI=1S/C23H19N7OS/c1-26-20-8-13(15-11-28-32-12-15)3-6-17(20)22(27-2)19(9-24)14-4-5-16-18(7-14)21(10-25)29-30-23(16)31/h3-9,11-12H,10,24-25H2,2H3,(H,30,31)/b19-9-,27-22?. The molecule has 5 N–H and O–H groups in total. The van der Waals surface area contributed by atoms with Gasteiger partial charge in [0.05, 0.1) is 23.4 Å². The smallest absolute Gasteiger partial charge is 0.272 e. The first-order valence-electron chi connectivity index (χ1n) is 9.63. The van der Waals surface area contributed by atoms with Gasteiger partial charge in [-0.15, -0.1) is 0 Å². The number of benzene rings is 2. The molecule has 8 nitrogen and oxygen atoms in total. The summed E-state index contributed by atoms with van der Waals surface area (Å²) < 4.78 is 4.13. The zero-order valence-corrected chi connectivity index (χ0v) is 18.0. The molecule has 0 spiro atoms. The van der Waals surface area contributed by atoms with Crippen LogP contribution in [-0.2, 0) is 6.54 Å². The van der Waals surface area contributed by atoms with Crippen LogP contribution < -0.4 is 17.0 Å². The quantitative estimate of drug-likeness (QED) is 0.323. The Hall–Kier alpha value is -4.13. The van der Waals surface area contributed by atoms with E-state index in [1.165, 1.54) is 17.7 Å². The lowest BCUT2D eigenvalue weighted by Crippen LogP contribution is -2.14.